The first-order valence-corrected chi connectivity index (χ1v) is 14.3. The number of allylic oxidation sites excluding steroid dienone is 3. The van der Waals surface area contributed by atoms with Crippen molar-refractivity contribution >= 4 is 43.8 Å². The van der Waals surface area contributed by atoms with Crippen LogP contribution in [-0.4, -0.2) is 37.5 Å². The van der Waals surface area contributed by atoms with E-state index in [1.54, 1.807) is 36.4 Å². The Morgan fingerprint density at radius 2 is 1.97 bits per heavy atom. The van der Waals surface area contributed by atoms with Crippen molar-refractivity contribution in [2.45, 2.75) is 18.1 Å². The van der Waals surface area contributed by atoms with E-state index in [-0.39, 0.29) is 29.2 Å². The number of sulfonamides is 1. The maximum atomic E-state index is 14.5. The lowest BCUT2D eigenvalue weighted by Gasteiger charge is -2.18. The molecule has 0 saturated carbocycles. The summed E-state index contributed by atoms with van der Waals surface area (Å²) in [7, 11) is -3.56. The van der Waals surface area contributed by atoms with E-state index in [4.69, 9.17) is 5.73 Å². The van der Waals surface area contributed by atoms with Crippen molar-refractivity contribution < 1.29 is 17.6 Å². The van der Waals surface area contributed by atoms with Crippen LogP contribution in [0.5, 0.6) is 0 Å². The molecule has 2 aromatic carbocycles. The molecule has 1 aliphatic rings. The van der Waals surface area contributed by atoms with E-state index in [0.717, 1.165) is 17.0 Å². The van der Waals surface area contributed by atoms with Crippen molar-refractivity contribution in [3.8, 4) is 0 Å². The monoisotopic (exact) mass is 553 g/mol. The number of nitrogens with two attached hydrogens (primary N) is 1. The van der Waals surface area contributed by atoms with Crippen LogP contribution in [-0.2, 0) is 16.4 Å². The fourth-order valence-electron chi connectivity index (χ4n) is 3.92. The number of nitrogens with one attached hydrogen (secondary N) is 3. The van der Waals surface area contributed by atoms with Crippen molar-refractivity contribution in [3.63, 3.8) is 0 Å². The first-order chi connectivity index (χ1) is 18.3. The lowest BCUT2D eigenvalue weighted by atomic mass is 9.99. The number of hydrogen-bond acceptors (Lipinski definition) is 8. The Morgan fingerprint density at radius 3 is 2.68 bits per heavy atom. The summed E-state index contributed by atoms with van der Waals surface area (Å²) in [6.45, 7) is 4.37. The summed E-state index contributed by atoms with van der Waals surface area (Å²) in [5, 5.41) is 5.85. The van der Waals surface area contributed by atoms with Gasteiger partial charge in [-0.3, -0.25) is 4.79 Å². The van der Waals surface area contributed by atoms with Gasteiger partial charge in [0.25, 0.3) is 0 Å². The van der Waals surface area contributed by atoms with Crippen molar-refractivity contribution in [1.82, 2.24) is 9.71 Å². The topological polar surface area (TPSA) is 126 Å². The van der Waals surface area contributed by atoms with Crippen molar-refractivity contribution in [2.75, 3.05) is 29.5 Å². The van der Waals surface area contributed by atoms with Crippen LogP contribution in [0.3, 0.4) is 0 Å². The first-order valence-electron chi connectivity index (χ1n) is 11.9. The molecule has 1 unspecified atom stereocenters. The van der Waals surface area contributed by atoms with E-state index < -0.39 is 26.9 Å². The van der Waals surface area contributed by atoms with Gasteiger partial charge in [-0.15, -0.1) is 6.58 Å². The minimum atomic E-state index is -3.56. The molecule has 0 saturated heterocycles. The lowest BCUT2D eigenvalue weighted by Crippen LogP contribution is -2.36. The number of nitrogens with zero attached hydrogens (tertiary/aromatic N) is 1. The summed E-state index contributed by atoms with van der Waals surface area (Å²) in [4.78, 5) is 17.4. The summed E-state index contributed by atoms with van der Waals surface area (Å²) < 4.78 is 42.5. The number of rotatable bonds is 12. The molecule has 5 N–H and O–H groups in total. The second-order valence-corrected chi connectivity index (χ2v) is 11.5. The maximum Gasteiger partial charge on any atom is 0.218 e. The number of carbonyl (C=O) groups is 1. The predicted octanol–water partition coefficient (Wildman–Crippen LogP) is 4.48. The highest BCUT2D eigenvalue weighted by atomic mass is 32.2. The van der Waals surface area contributed by atoms with Gasteiger partial charge in [-0.2, -0.15) is 0 Å². The van der Waals surface area contributed by atoms with Crippen LogP contribution in [0.1, 0.15) is 27.2 Å². The second kappa shape index (κ2) is 12.2. The zero-order valence-electron chi connectivity index (χ0n) is 20.5. The highest BCUT2D eigenvalue weighted by molar-refractivity contribution is 7.90. The summed E-state index contributed by atoms with van der Waals surface area (Å²) in [5.41, 5.74) is 8.00. The Bertz CT molecular complexity index is 1480. The molecule has 0 amide bonds. The SMILES string of the molecule is C=CCc1cccc(F)c1C(=O)c1sc(NC2=CCC(S(=O)(=O)NCCNc3ccccc3)C=C2)nc1N. The van der Waals surface area contributed by atoms with Crippen molar-refractivity contribution in [1.29, 1.82) is 0 Å². The van der Waals surface area contributed by atoms with Gasteiger partial charge in [-0.1, -0.05) is 59.9 Å². The molecule has 11 heteroatoms. The first kappa shape index (κ1) is 27.2. The van der Waals surface area contributed by atoms with Crippen molar-refractivity contribution in [3.05, 3.63) is 107 Å². The Hall–Kier alpha value is -3.80. The molecular weight excluding hydrogens is 525 g/mol. The molecule has 1 heterocycles. The van der Waals surface area contributed by atoms with Crippen LogP contribution in [0.15, 0.2) is 85.1 Å². The van der Waals surface area contributed by atoms with Gasteiger partial charge < -0.3 is 16.4 Å². The summed E-state index contributed by atoms with van der Waals surface area (Å²) in [6.07, 6.45) is 7.17. The minimum absolute atomic E-state index is 0.00976. The Balaban J connectivity index is 1.35. The molecule has 1 aromatic heterocycles. The third-order valence-electron chi connectivity index (χ3n) is 5.79. The quantitative estimate of drug-likeness (QED) is 0.148. The highest BCUT2D eigenvalue weighted by Crippen LogP contribution is 2.31. The molecule has 198 valence electrons. The Morgan fingerprint density at radius 1 is 1.18 bits per heavy atom. The number of aromatic nitrogens is 1. The number of para-hydroxylation sites is 1. The molecule has 0 spiro atoms. The van der Waals surface area contributed by atoms with E-state index in [2.05, 4.69) is 26.9 Å². The highest BCUT2D eigenvalue weighted by Gasteiger charge is 2.25. The fourth-order valence-corrected chi connectivity index (χ4v) is 6.01. The molecule has 38 heavy (non-hydrogen) atoms. The number of anilines is 3. The number of halogens is 1. The summed E-state index contributed by atoms with van der Waals surface area (Å²) in [6, 6.07) is 14.0. The van der Waals surface area contributed by atoms with Gasteiger partial charge in [0.05, 0.1) is 10.8 Å². The average molecular weight is 554 g/mol. The zero-order chi connectivity index (χ0) is 27.1. The molecule has 0 radical (unpaired) electrons. The molecule has 1 aliphatic carbocycles. The molecule has 1 atom stereocenters. The van der Waals surface area contributed by atoms with Crippen LogP contribution >= 0.6 is 11.3 Å². The zero-order valence-corrected chi connectivity index (χ0v) is 22.1. The summed E-state index contributed by atoms with van der Waals surface area (Å²) >= 11 is 1.01. The molecule has 0 bridgehead atoms. The fraction of sp³-hybridized carbons (Fsp3) is 0.185. The lowest BCUT2D eigenvalue weighted by molar-refractivity contribution is 0.103. The summed E-state index contributed by atoms with van der Waals surface area (Å²) in [5.74, 6) is -1.19. The van der Waals surface area contributed by atoms with Gasteiger partial charge in [0.2, 0.25) is 15.8 Å². The van der Waals surface area contributed by atoms with E-state index in [9.17, 15) is 17.6 Å². The third-order valence-corrected chi connectivity index (χ3v) is 8.53. The van der Waals surface area contributed by atoms with Crippen LogP contribution in [0, 0.1) is 5.82 Å². The average Bonchev–Trinajstić information content (AvgIpc) is 3.27. The Kier molecular flexibility index (Phi) is 8.72. The molecule has 0 fully saturated rings. The van der Waals surface area contributed by atoms with Crippen molar-refractivity contribution in [2.24, 2.45) is 0 Å². The third kappa shape index (κ3) is 6.55. The Labute approximate surface area is 225 Å². The molecule has 3 aromatic rings. The molecule has 8 nitrogen and oxygen atoms in total. The standard InChI is InChI=1S/C27H28FN5O3S2/c1-2-7-18-8-6-11-22(28)23(18)24(34)25-26(29)33-27(37-25)32-20-12-14-21(15-13-20)38(35,36)31-17-16-30-19-9-4-3-5-10-19/h2-6,8-14,21,30-31H,1,7,15-17,29H2,(H,32,33). The maximum absolute atomic E-state index is 14.5. The number of thiazole rings is 1. The van der Waals surface area contributed by atoms with E-state index in [1.807, 2.05) is 30.3 Å². The van der Waals surface area contributed by atoms with E-state index in [0.29, 0.717) is 29.4 Å². The van der Waals surface area contributed by atoms with Gasteiger partial charge >= 0.3 is 0 Å². The van der Waals surface area contributed by atoms with Crippen LogP contribution < -0.4 is 21.1 Å². The number of hydrogen-bond donors (Lipinski definition) is 4. The number of ketones is 1. The van der Waals surface area contributed by atoms with Gasteiger partial charge in [0, 0.05) is 24.5 Å². The predicted molar refractivity (Wildman–Crippen MR) is 151 cm³/mol. The van der Waals surface area contributed by atoms with E-state index in [1.165, 1.54) is 6.07 Å². The largest absolute Gasteiger partial charge is 0.384 e. The van der Waals surface area contributed by atoms with E-state index >= 15 is 0 Å². The van der Waals surface area contributed by atoms with Gasteiger partial charge in [-0.25, -0.2) is 22.5 Å². The normalized spacial score (nSPS) is 15.1. The second-order valence-electron chi connectivity index (χ2n) is 8.48. The smallest absolute Gasteiger partial charge is 0.218 e. The molecule has 4 rings (SSSR count). The van der Waals surface area contributed by atoms with Crippen LogP contribution in [0.4, 0.5) is 21.0 Å². The van der Waals surface area contributed by atoms with Gasteiger partial charge in [-0.05, 0) is 42.7 Å². The molecule has 0 aliphatic heterocycles. The number of nitrogen functional groups attached to an aromatic ring is 1. The van der Waals surface area contributed by atoms with Crippen LogP contribution in [0.25, 0.3) is 0 Å². The van der Waals surface area contributed by atoms with Gasteiger partial charge in [0.1, 0.15) is 16.5 Å². The number of carbonyl (C=O) groups excluding carboxylic acids is 1. The minimum Gasteiger partial charge on any atom is -0.384 e. The van der Waals surface area contributed by atoms with Gasteiger partial charge in [0.15, 0.2) is 5.13 Å². The van der Waals surface area contributed by atoms with Crippen LogP contribution in [0.2, 0.25) is 0 Å². The number of benzene rings is 2. The molecular formula is C27H28FN5O3S2.